The molecule has 2 aliphatic heterocycles. The molecule has 0 aromatic carbocycles. The first-order valence-corrected chi connectivity index (χ1v) is 6.50. The molecule has 1 unspecified atom stereocenters. The first-order valence-electron chi connectivity index (χ1n) is 5.52. The molecule has 2 rings (SSSR count). The van der Waals surface area contributed by atoms with Gasteiger partial charge in [-0.1, -0.05) is 13.0 Å². The summed E-state index contributed by atoms with van der Waals surface area (Å²) in [6, 6.07) is 0. The van der Waals surface area contributed by atoms with Crippen LogP contribution in [0.25, 0.3) is 0 Å². The highest BCUT2D eigenvalue weighted by Gasteiger charge is 2.52. The molecule has 0 aliphatic carbocycles. The van der Waals surface area contributed by atoms with Crippen molar-refractivity contribution in [3.63, 3.8) is 0 Å². The van der Waals surface area contributed by atoms with Gasteiger partial charge in [0.2, 0.25) is 0 Å². The van der Waals surface area contributed by atoms with Crippen molar-refractivity contribution >= 4 is 18.9 Å². The Labute approximate surface area is 96.9 Å². The normalized spacial score (nSPS) is 33.3. The molecule has 0 radical (unpaired) electrons. The summed E-state index contributed by atoms with van der Waals surface area (Å²) in [6.07, 6.45) is 2.27. The SMILES string of the molecule is CC1C=C(B2OC(C)(C)C(C)(C)O2)SC1. The van der Waals surface area contributed by atoms with Crippen molar-refractivity contribution in [2.45, 2.75) is 45.8 Å². The van der Waals surface area contributed by atoms with Crippen LogP contribution in [-0.4, -0.2) is 24.1 Å². The Morgan fingerprint density at radius 1 is 1.27 bits per heavy atom. The monoisotopic (exact) mass is 226 g/mol. The molecule has 1 fully saturated rings. The summed E-state index contributed by atoms with van der Waals surface area (Å²) in [4.78, 5) is 1.25. The summed E-state index contributed by atoms with van der Waals surface area (Å²) in [5.74, 6) is 1.79. The fraction of sp³-hybridized carbons (Fsp3) is 0.818. The molecule has 0 bridgehead atoms. The maximum Gasteiger partial charge on any atom is 0.501 e. The van der Waals surface area contributed by atoms with E-state index in [1.165, 1.54) is 4.80 Å². The predicted molar refractivity (Wildman–Crippen MR) is 65.8 cm³/mol. The summed E-state index contributed by atoms with van der Waals surface area (Å²) >= 11 is 1.86. The minimum Gasteiger partial charge on any atom is -0.399 e. The summed E-state index contributed by atoms with van der Waals surface area (Å²) in [5, 5.41) is 0. The summed E-state index contributed by atoms with van der Waals surface area (Å²) in [6.45, 7) is 10.6. The maximum absolute atomic E-state index is 5.98. The molecule has 1 saturated heterocycles. The molecule has 0 aromatic heterocycles. The van der Waals surface area contributed by atoms with Crippen LogP contribution in [-0.2, 0) is 9.31 Å². The molecular formula is C11H19BO2S. The van der Waals surface area contributed by atoms with Gasteiger partial charge in [-0.15, -0.1) is 11.8 Å². The standard InChI is InChI=1S/C11H19BO2S/c1-8-6-9(15-7-8)12-13-10(2,3)11(4,5)14-12/h6,8H,7H2,1-5H3. The molecule has 15 heavy (non-hydrogen) atoms. The van der Waals surface area contributed by atoms with Crippen LogP contribution in [0.3, 0.4) is 0 Å². The van der Waals surface area contributed by atoms with Gasteiger partial charge >= 0.3 is 7.12 Å². The van der Waals surface area contributed by atoms with Crippen molar-refractivity contribution < 1.29 is 9.31 Å². The van der Waals surface area contributed by atoms with E-state index in [0.29, 0.717) is 5.92 Å². The lowest BCUT2D eigenvalue weighted by Crippen LogP contribution is -2.41. The second-order valence-corrected chi connectivity index (χ2v) is 6.54. The third kappa shape index (κ3) is 1.99. The number of allylic oxidation sites excluding steroid dienone is 1. The summed E-state index contributed by atoms with van der Waals surface area (Å²) in [7, 11) is -0.148. The van der Waals surface area contributed by atoms with Crippen LogP contribution in [0.15, 0.2) is 10.9 Å². The third-order valence-corrected chi connectivity index (χ3v) is 4.80. The molecule has 0 spiro atoms. The van der Waals surface area contributed by atoms with Gasteiger partial charge in [0.1, 0.15) is 0 Å². The van der Waals surface area contributed by atoms with Gasteiger partial charge in [0.15, 0.2) is 0 Å². The number of hydrogen-bond donors (Lipinski definition) is 0. The quantitative estimate of drug-likeness (QED) is 0.640. The largest absolute Gasteiger partial charge is 0.501 e. The number of thioether (sulfide) groups is 1. The molecule has 2 aliphatic rings. The molecule has 4 heteroatoms. The fourth-order valence-corrected chi connectivity index (χ4v) is 2.82. The van der Waals surface area contributed by atoms with Gasteiger partial charge in [-0.3, -0.25) is 0 Å². The number of rotatable bonds is 1. The van der Waals surface area contributed by atoms with Crippen molar-refractivity contribution in [2.24, 2.45) is 5.92 Å². The van der Waals surface area contributed by atoms with E-state index < -0.39 is 0 Å². The van der Waals surface area contributed by atoms with E-state index in [2.05, 4.69) is 40.7 Å². The number of hydrogen-bond acceptors (Lipinski definition) is 3. The molecule has 2 heterocycles. The molecule has 0 saturated carbocycles. The van der Waals surface area contributed by atoms with Crippen LogP contribution in [0, 0.1) is 5.92 Å². The second-order valence-electron chi connectivity index (χ2n) is 5.45. The summed E-state index contributed by atoms with van der Waals surface area (Å²) < 4.78 is 12.0. The van der Waals surface area contributed by atoms with Gasteiger partial charge < -0.3 is 9.31 Å². The topological polar surface area (TPSA) is 18.5 Å². The third-order valence-electron chi connectivity index (χ3n) is 3.45. The van der Waals surface area contributed by atoms with E-state index in [1.54, 1.807) is 0 Å². The second kappa shape index (κ2) is 3.54. The molecule has 1 atom stereocenters. The van der Waals surface area contributed by atoms with Crippen LogP contribution < -0.4 is 0 Å². The van der Waals surface area contributed by atoms with Crippen LogP contribution in [0.1, 0.15) is 34.6 Å². The average Bonchev–Trinajstić information content (AvgIpc) is 2.56. The Morgan fingerprint density at radius 2 is 1.80 bits per heavy atom. The Hall–Kier alpha value is 0.0749. The van der Waals surface area contributed by atoms with Crippen molar-refractivity contribution in [2.75, 3.05) is 5.75 Å². The van der Waals surface area contributed by atoms with Gasteiger partial charge in [-0.25, -0.2) is 0 Å². The van der Waals surface area contributed by atoms with Gasteiger partial charge in [0.25, 0.3) is 0 Å². The minimum atomic E-state index is -0.217. The van der Waals surface area contributed by atoms with Crippen molar-refractivity contribution in [1.82, 2.24) is 0 Å². The Kier molecular flexibility index (Phi) is 2.73. The van der Waals surface area contributed by atoms with E-state index in [9.17, 15) is 0 Å². The van der Waals surface area contributed by atoms with Gasteiger partial charge in [-0.05, 0) is 33.6 Å². The zero-order valence-corrected chi connectivity index (χ0v) is 11.0. The first-order chi connectivity index (χ1) is 6.82. The fourth-order valence-electron chi connectivity index (χ4n) is 1.71. The molecule has 84 valence electrons. The molecule has 0 N–H and O–H groups in total. The van der Waals surface area contributed by atoms with Crippen LogP contribution >= 0.6 is 11.8 Å². The lowest BCUT2D eigenvalue weighted by atomic mass is 9.88. The minimum absolute atomic E-state index is 0.148. The van der Waals surface area contributed by atoms with E-state index in [4.69, 9.17) is 9.31 Å². The van der Waals surface area contributed by atoms with Crippen molar-refractivity contribution in [3.8, 4) is 0 Å². The van der Waals surface area contributed by atoms with Crippen LogP contribution in [0.4, 0.5) is 0 Å². The zero-order valence-electron chi connectivity index (χ0n) is 10.2. The average molecular weight is 226 g/mol. The summed E-state index contributed by atoms with van der Waals surface area (Å²) in [5.41, 5.74) is -0.435. The highest BCUT2D eigenvalue weighted by Crippen LogP contribution is 2.42. The van der Waals surface area contributed by atoms with Crippen molar-refractivity contribution in [3.05, 3.63) is 10.9 Å². The van der Waals surface area contributed by atoms with E-state index in [1.807, 2.05) is 11.8 Å². The van der Waals surface area contributed by atoms with Gasteiger partial charge in [0, 0.05) is 10.6 Å². The van der Waals surface area contributed by atoms with Crippen LogP contribution in [0.5, 0.6) is 0 Å². The predicted octanol–water partition coefficient (Wildman–Crippen LogP) is 2.88. The van der Waals surface area contributed by atoms with Gasteiger partial charge in [0.05, 0.1) is 11.2 Å². The molecule has 0 aromatic rings. The van der Waals surface area contributed by atoms with Crippen LogP contribution in [0.2, 0.25) is 0 Å². The van der Waals surface area contributed by atoms with E-state index in [-0.39, 0.29) is 18.3 Å². The first kappa shape index (κ1) is 11.6. The Morgan fingerprint density at radius 3 is 2.20 bits per heavy atom. The lowest BCUT2D eigenvalue weighted by molar-refractivity contribution is 0.00578. The van der Waals surface area contributed by atoms with Gasteiger partial charge in [-0.2, -0.15) is 0 Å². The van der Waals surface area contributed by atoms with Crippen molar-refractivity contribution in [1.29, 1.82) is 0 Å². The van der Waals surface area contributed by atoms with E-state index >= 15 is 0 Å². The highest BCUT2D eigenvalue weighted by molar-refractivity contribution is 8.05. The van der Waals surface area contributed by atoms with E-state index in [0.717, 1.165) is 5.75 Å². The smallest absolute Gasteiger partial charge is 0.399 e. The lowest BCUT2D eigenvalue weighted by Gasteiger charge is -2.32. The highest BCUT2D eigenvalue weighted by atomic mass is 32.2. The molecule has 2 nitrogen and oxygen atoms in total. The Bertz CT molecular complexity index is 283. The maximum atomic E-state index is 5.98. The molecule has 0 amide bonds. The Balaban J connectivity index is 2.13. The zero-order chi connectivity index (χ0) is 11.3. The molecular weight excluding hydrogens is 207 g/mol.